The van der Waals surface area contributed by atoms with Gasteiger partial charge in [-0.15, -0.1) is 0 Å². The van der Waals surface area contributed by atoms with Crippen LogP contribution in [0.5, 0.6) is 0 Å². The predicted molar refractivity (Wildman–Crippen MR) is 161 cm³/mol. The molecule has 0 heterocycles. The minimum Gasteiger partial charge on any atom is -0.355 e. The number of anilines is 1. The van der Waals surface area contributed by atoms with Crippen molar-refractivity contribution >= 4 is 50.7 Å². The van der Waals surface area contributed by atoms with E-state index in [2.05, 4.69) is 5.32 Å². The van der Waals surface area contributed by atoms with Crippen molar-refractivity contribution in [3.05, 3.63) is 93.0 Å². The fourth-order valence-corrected chi connectivity index (χ4v) is 6.02. The highest BCUT2D eigenvalue weighted by molar-refractivity contribution is 7.92. The summed E-state index contributed by atoms with van der Waals surface area (Å²) in [4.78, 5) is 28.6. The van der Waals surface area contributed by atoms with Crippen LogP contribution in [-0.2, 0) is 26.2 Å². The number of likely N-dealkylation sites (N-methyl/N-ethyl adjacent to an activating group) is 1. The first-order valence-corrected chi connectivity index (χ1v) is 15.3. The van der Waals surface area contributed by atoms with Crippen LogP contribution in [0, 0.1) is 20.8 Å². The fraction of sp³-hybridized carbons (Fsp3) is 0.333. The Labute approximate surface area is 247 Å². The van der Waals surface area contributed by atoms with E-state index in [-0.39, 0.29) is 17.3 Å². The lowest BCUT2D eigenvalue weighted by atomic mass is 10.1. The Morgan fingerprint density at radius 1 is 0.875 bits per heavy atom. The largest absolute Gasteiger partial charge is 0.355 e. The van der Waals surface area contributed by atoms with E-state index in [0.29, 0.717) is 34.3 Å². The van der Waals surface area contributed by atoms with E-state index in [4.69, 9.17) is 23.2 Å². The molecule has 214 valence electrons. The van der Waals surface area contributed by atoms with E-state index in [1.54, 1.807) is 56.3 Å². The number of benzene rings is 3. The van der Waals surface area contributed by atoms with Crippen molar-refractivity contribution in [3.8, 4) is 0 Å². The molecular weight excluding hydrogens is 569 g/mol. The molecular formula is C30H35Cl2N3O4S. The highest BCUT2D eigenvalue weighted by Gasteiger charge is 2.33. The Balaban J connectivity index is 2.09. The molecule has 0 aliphatic rings. The van der Waals surface area contributed by atoms with Gasteiger partial charge >= 0.3 is 0 Å². The average Bonchev–Trinajstić information content (AvgIpc) is 2.91. The number of carbonyl (C=O) groups is 2. The molecule has 3 rings (SSSR count). The summed E-state index contributed by atoms with van der Waals surface area (Å²) in [7, 11) is -4.13. The molecule has 7 nitrogen and oxygen atoms in total. The molecule has 40 heavy (non-hydrogen) atoms. The molecule has 0 fully saturated rings. The van der Waals surface area contributed by atoms with Crippen molar-refractivity contribution in [1.82, 2.24) is 10.2 Å². The van der Waals surface area contributed by atoms with Gasteiger partial charge in [0.25, 0.3) is 10.0 Å². The van der Waals surface area contributed by atoms with Crippen LogP contribution in [0.3, 0.4) is 0 Å². The van der Waals surface area contributed by atoms with Gasteiger partial charge < -0.3 is 10.2 Å². The number of halogens is 2. The summed E-state index contributed by atoms with van der Waals surface area (Å²) >= 11 is 12.3. The molecule has 0 bridgehead atoms. The topological polar surface area (TPSA) is 86.8 Å². The minimum atomic E-state index is -4.13. The van der Waals surface area contributed by atoms with Gasteiger partial charge in [-0.2, -0.15) is 0 Å². The first-order valence-electron chi connectivity index (χ1n) is 13.1. The van der Waals surface area contributed by atoms with Gasteiger partial charge in [0, 0.05) is 13.1 Å². The van der Waals surface area contributed by atoms with Gasteiger partial charge in [-0.1, -0.05) is 60.0 Å². The van der Waals surface area contributed by atoms with Crippen LogP contribution >= 0.6 is 23.2 Å². The summed E-state index contributed by atoms with van der Waals surface area (Å²) in [6.45, 7) is 9.21. The predicted octanol–water partition coefficient (Wildman–Crippen LogP) is 6.06. The third-order valence-electron chi connectivity index (χ3n) is 6.74. The number of sulfonamides is 1. The van der Waals surface area contributed by atoms with Crippen LogP contribution in [-0.4, -0.2) is 44.3 Å². The maximum Gasteiger partial charge on any atom is 0.264 e. The van der Waals surface area contributed by atoms with Crippen LogP contribution in [0.1, 0.15) is 42.5 Å². The first kappa shape index (κ1) is 31.5. The van der Waals surface area contributed by atoms with Crippen LogP contribution in [0.2, 0.25) is 10.0 Å². The fourth-order valence-electron chi connectivity index (χ4n) is 4.29. The van der Waals surface area contributed by atoms with Gasteiger partial charge in [-0.25, -0.2) is 8.42 Å². The molecule has 1 atom stereocenters. The summed E-state index contributed by atoms with van der Waals surface area (Å²) in [6.07, 6.45) is 0.327. The Kier molecular flexibility index (Phi) is 10.6. The lowest BCUT2D eigenvalue weighted by Crippen LogP contribution is -2.52. The molecule has 1 N–H and O–H groups in total. The highest BCUT2D eigenvalue weighted by Crippen LogP contribution is 2.28. The second-order valence-electron chi connectivity index (χ2n) is 9.68. The van der Waals surface area contributed by atoms with E-state index < -0.39 is 28.5 Å². The maximum atomic E-state index is 14.1. The van der Waals surface area contributed by atoms with Crippen molar-refractivity contribution < 1.29 is 18.0 Å². The quantitative estimate of drug-likeness (QED) is 0.289. The van der Waals surface area contributed by atoms with Crippen molar-refractivity contribution in [2.24, 2.45) is 0 Å². The van der Waals surface area contributed by atoms with Crippen molar-refractivity contribution in [3.63, 3.8) is 0 Å². The van der Waals surface area contributed by atoms with E-state index in [9.17, 15) is 18.0 Å². The third kappa shape index (κ3) is 7.36. The number of aryl methyl sites for hydroxylation is 3. The van der Waals surface area contributed by atoms with Crippen LogP contribution < -0.4 is 9.62 Å². The van der Waals surface area contributed by atoms with Gasteiger partial charge in [0.2, 0.25) is 11.8 Å². The van der Waals surface area contributed by atoms with E-state index in [1.807, 2.05) is 26.8 Å². The number of hydrogen-bond donors (Lipinski definition) is 1. The summed E-state index contributed by atoms with van der Waals surface area (Å²) in [6, 6.07) is 15.9. The standard InChI is InChI=1S/C30H35Cl2N3O4S/c1-6-28(30(37)33-7-2)34(18-23-11-15-26(31)27(32)17-23)29(36)19-35(24-12-10-21(4)22(5)16-24)40(38,39)25-13-8-20(3)9-14-25/h8-17,28H,6-7,18-19H2,1-5H3,(H,33,37)/t28-/m1/s1. The molecule has 0 spiro atoms. The zero-order chi connectivity index (χ0) is 29.6. The van der Waals surface area contributed by atoms with Gasteiger partial charge in [0.1, 0.15) is 12.6 Å². The summed E-state index contributed by atoms with van der Waals surface area (Å²) in [5.41, 5.74) is 3.80. The first-order chi connectivity index (χ1) is 18.9. The second kappa shape index (κ2) is 13.5. The number of rotatable bonds is 11. The molecule has 0 saturated heterocycles. The number of hydrogen-bond acceptors (Lipinski definition) is 4. The molecule has 2 amide bonds. The minimum absolute atomic E-state index is 0.0384. The molecule has 0 saturated carbocycles. The molecule has 0 aliphatic carbocycles. The molecule has 0 aliphatic heterocycles. The van der Waals surface area contributed by atoms with E-state index in [1.165, 1.54) is 17.0 Å². The van der Waals surface area contributed by atoms with Crippen LogP contribution in [0.15, 0.2) is 65.6 Å². The molecule has 0 aromatic heterocycles. The molecule has 10 heteroatoms. The van der Waals surface area contributed by atoms with Crippen LogP contribution in [0.25, 0.3) is 0 Å². The summed E-state index contributed by atoms with van der Waals surface area (Å²) in [5, 5.41) is 3.47. The summed E-state index contributed by atoms with van der Waals surface area (Å²) in [5.74, 6) is -0.851. The SMILES string of the molecule is CCNC(=O)[C@@H](CC)N(Cc1ccc(Cl)c(Cl)c1)C(=O)CN(c1ccc(C)c(C)c1)S(=O)(=O)c1ccc(C)cc1. The Bertz CT molecular complexity index is 1480. The Morgan fingerprint density at radius 3 is 2.12 bits per heavy atom. The highest BCUT2D eigenvalue weighted by atomic mass is 35.5. The molecule has 3 aromatic carbocycles. The number of nitrogens with zero attached hydrogens (tertiary/aromatic N) is 2. The maximum absolute atomic E-state index is 14.1. The van der Waals surface area contributed by atoms with Crippen molar-refractivity contribution in [2.45, 2.75) is 58.5 Å². The zero-order valence-corrected chi connectivity index (χ0v) is 25.7. The normalized spacial score (nSPS) is 12.1. The van der Waals surface area contributed by atoms with E-state index >= 15 is 0 Å². The average molecular weight is 605 g/mol. The van der Waals surface area contributed by atoms with Crippen molar-refractivity contribution in [1.29, 1.82) is 0 Å². The zero-order valence-electron chi connectivity index (χ0n) is 23.4. The van der Waals surface area contributed by atoms with Gasteiger partial charge in [-0.05, 0) is 87.2 Å². The van der Waals surface area contributed by atoms with Gasteiger partial charge in [0.05, 0.1) is 20.6 Å². The number of nitrogens with one attached hydrogen (secondary N) is 1. The molecule has 3 aromatic rings. The number of amides is 2. The third-order valence-corrected chi connectivity index (χ3v) is 9.27. The number of carbonyl (C=O) groups excluding carboxylic acids is 2. The smallest absolute Gasteiger partial charge is 0.264 e. The second-order valence-corrected chi connectivity index (χ2v) is 12.4. The van der Waals surface area contributed by atoms with Gasteiger partial charge in [0.15, 0.2) is 0 Å². The Morgan fingerprint density at radius 2 is 1.55 bits per heavy atom. The Hall–Kier alpha value is -3.07. The molecule has 0 radical (unpaired) electrons. The van der Waals surface area contributed by atoms with Crippen LogP contribution in [0.4, 0.5) is 5.69 Å². The van der Waals surface area contributed by atoms with Gasteiger partial charge in [-0.3, -0.25) is 13.9 Å². The molecule has 0 unspecified atom stereocenters. The van der Waals surface area contributed by atoms with E-state index in [0.717, 1.165) is 21.0 Å². The van der Waals surface area contributed by atoms with Crippen molar-refractivity contribution in [2.75, 3.05) is 17.4 Å². The lowest BCUT2D eigenvalue weighted by Gasteiger charge is -2.33. The summed E-state index contributed by atoms with van der Waals surface area (Å²) < 4.78 is 29.0. The monoisotopic (exact) mass is 603 g/mol. The lowest BCUT2D eigenvalue weighted by molar-refractivity contribution is -0.140.